The summed E-state index contributed by atoms with van der Waals surface area (Å²) in [7, 11) is -1.09. The predicted octanol–water partition coefficient (Wildman–Crippen LogP) is 4.34. The summed E-state index contributed by atoms with van der Waals surface area (Å²) in [6, 6.07) is 20.3. The minimum absolute atomic E-state index is 0.101. The van der Waals surface area contributed by atoms with Gasteiger partial charge in [-0.15, -0.1) is 0 Å². The molecule has 36 heavy (non-hydrogen) atoms. The number of methoxy groups -OCH3 is 1. The normalized spacial score (nSPS) is 11.4. The molecule has 3 aromatic rings. The lowest BCUT2D eigenvalue weighted by Crippen LogP contribution is -2.27. The molecule has 8 nitrogen and oxygen atoms in total. The van der Waals surface area contributed by atoms with Crippen molar-refractivity contribution in [3.05, 3.63) is 95.6 Å². The molecule has 0 radical (unpaired) electrons. The van der Waals surface area contributed by atoms with Crippen molar-refractivity contribution in [2.24, 2.45) is 0 Å². The maximum absolute atomic E-state index is 13.3. The van der Waals surface area contributed by atoms with Crippen LogP contribution in [0.4, 0.5) is 5.69 Å². The molecule has 0 heterocycles. The molecule has 0 atom stereocenters. The number of carbonyl (C=O) groups is 2. The summed E-state index contributed by atoms with van der Waals surface area (Å²) in [6.07, 6.45) is 2.93. The van der Waals surface area contributed by atoms with Crippen LogP contribution in [0.25, 0.3) is 6.08 Å². The second-order valence-corrected chi connectivity index (χ2v) is 9.79. The molecule has 1 amide bonds. The molecule has 0 saturated carbocycles. The summed E-state index contributed by atoms with van der Waals surface area (Å²) in [5.41, 5.74) is 2.25. The third-order valence-corrected chi connectivity index (χ3v) is 7.05. The van der Waals surface area contributed by atoms with Gasteiger partial charge in [0.1, 0.15) is 10.6 Å². The predicted molar refractivity (Wildman–Crippen MR) is 138 cm³/mol. The molecule has 0 spiro atoms. The van der Waals surface area contributed by atoms with E-state index in [-0.39, 0.29) is 22.8 Å². The lowest BCUT2D eigenvalue weighted by Gasteiger charge is -2.19. The van der Waals surface area contributed by atoms with E-state index in [1.165, 1.54) is 42.7 Å². The molecule has 3 rings (SSSR count). The summed E-state index contributed by atoms with van der Waals surface area (Å²) in [6.45, 7) is 2.19. The van der Waals surface area contributed by atoms with Crippen LogP contribution in [0.15, 0.2) is 83.8 Å². The van der Waals surface area contributed by atoms with Gasteiger partial charge in [-0.25, -0.2) is 13.2 Å². The van der Waals surface area contributed by atoms with Crippen molar-refractivity contribution < 1.29 is 27.5 Å². The van der Waals surface area contributed by atoms with E-state index in [9.17, 15) is 18.0 Å². The Kier molecular flexibility index (Phi) is 8.99. The molecular weight excluding hydrogens is 480 g/mol. The fourth-order valence-electron chi connectivity index (χ4n) is 3.35. The van der Waals surface area contributed by atoms with Gasteiger partial charge in [-0.2, -0.15) is 4.31 Å². The monoisotopic (exact) mass is 508 g/mol. The average molecular weight is 509 g/mol. The summed E-state index contributed by atoms with van der Waals surface area (Å²) in [4.78, 5) is 24.2. The minimum atomic E-state index is -3.95. The molecular formula is C27H28N2O6S. The summed E-state index contributed by atoms with van der Waals surface area (Å²) < 4.78 is 38.0. The number of esters is 1. The summed E-state index contributed by atoms with van der Waals surface area (Å²) in [5.74, 6) is -0.770. The molecule has 0 bridgehead atoms. The van der Waals surface area contributed by atoms with Crippen molar-refractivity contribution in [2.75, 3.05) is 26.1 Å². The van der Waals surface area contributed by atoms with Crippen LogP contribution in [0.1, 0.15) is 28.4 Å². The van der Waals surface area contributed by atoms with Gasteiger partial charge in [0.2, 0.25) is 10.0 Å². The van der Waals surface area contributed by atoms with Crippen molar-refractivity contribution in [3.8, 4) is 5.75 Å². The molecule has 0 saturated heterocycles. The maximum atomic E-state index is 13.3. The van der Waals surface area contributed by atoms with E-state index in [0.717, 1.165) is 11.1 Å². The van der Waals surface area contributed by atoms with Gasteiger partial charge >= 0.3 is 5.97 Å². The number of carbonyl (C=O) groups excluding carboxylic acids is 2. The molecule has 0 unspecified atom stereocenters. The van der Waals surface area contributed by atoms with Crippen molar-refractivity contribution >= 4 is 33.7 Å². The quantitative estimate of drug-likeness (QED) is 0.323. The average Bonchev–Trinajstić information content (AvgIpc) is 2.88. The standard InChI is InChI=1S/C27H28N2O6S/c1-4-35-26(30)17-12-20-10-14-23(15-11-20)28-27(31)22-13-16-24(34-3)25(18-22)36(32,33)29(2)19-21-8-6-5-7-9-21/h5-18H,4,19H2,1-3H3,(H,28,31)/b17-12+. The Bertz CT molecular complexity index is 1340. The van der Waals surface area contributed by atoms with Crippen LogP contribution in [0.5, 0.6) is 5.75 Å². The Balaban J connectivity index is 1.77. The topological polar surface area (TPSA) is 102 Å². The number of benzene rings is 3. The molecule has 0 fully saturated rings. The highest BCUT2D eigenvalue weighted by Gasteiger charge is 2.26. The highest BCUT2D eigenvalue weighted by atomic mass is 32.2. The minimum Gasteiger partial charge on any atom is -0.495 e. The molecule has 1 N–H and O–H groups in total. The number of hydrogen-bond donors (Lipinski definition) is 1. The van der Waals surface area contributed by atoms with Crippen LogP contribution in [0.2, 0.25) is 0 Å². The van der Waals surface area contributed by atoms with Crippen LogP contribution in [-0.4, -0.2) is 45.4 Å². The van der Waals surface area contributed by atoms with Crippen molar-refractivity contribution in [2.45, 2.75) is 18.4 Å². The first-order valence-corrected chi connectivity index (χ1v) is 12.6. The zero-order valence-electron chi connectivity index (χ0n) is 20.3. The SMILES string of the molecule is CCOC(=O)/C=C/c1ccc(NC(=O)c2ccc(OC)c(S(=O)(=O)N(C)Cc3ccccc3)c2)cc1. The van der Waals surface area contributed by atoms with Crippen LogP contribution < -0.4 is 10.1 Å². The Hall–Kier alpha value is -3.95. The summed E-state index contributed by atoms with van der Waals surface area (Å²) in [5, 5.41) is 2.75. The Morgan fingerprint density at radius 1 is 1.00 bits per heavy atom. The van der Waals surface area contributed by atoms with Crippen LogP contribution in [0.3, 0.4) is 0 Å². The molecule has 0 aromatic heterocycles. The van der Waals surface area contributed by atoms with Gasteiger partial charge in [0.25, 0.3) is 5.91 Å². The van der Waals surface area contributed by atoms with E-state index in [0.29, 0.717) is 12.3 Å². The number of nitrogens with one attached hydrogen (secondary N) is 1. The third-order valence-electron chi connectivity index (χ3n) is 5.23. The van der Waals surface area contributed by atoms with E-state index >= 15 is 0 Å². The molecule has 0 aliphatic carbocycles. The largest absolute Gasteiger partial charge is 0.495 e. The Labute approximate surface area is 211 Å². The first-order chi connectivity index (χ1) is 17.2. The Morgan fingerprint density at radius 2 is 1.69 bits per heavy atom. The zero-order chi connectivity index (χ0) is 26.1. The maximum Gasteiger partial charge on any atom is 0.330 e. The van der Waals surface area contributed by atoms with Gasteiger partial charge in [-0.3, -0.25) is 4.79 Å². The van der Waals surface area contributed by atoms with Gasteiger partial charge in [0.15, 0.2) is 0 Å². The van der Waals surface area contributed by atoms with Crippen LogP contribution in [-0.2, 0) is 26.1 Å². The van der Waals surface area contributed by atoms with Gasteiger partial charge in [-0.1, -0.05) is 42.5 Å². The Morgan fingerprint density at radius 3 is 2.33 bits per heavy atom. The highest BCUT2D eigenvalue weighted by Crippen LogP contribution is 2.28. The zero-order valence-corrected chi connectivity index (χ0v) is 21.1. The number of ether oxygens (including phenoxy) is 2. The summed E-state index contributed by atoms with van der Waals surface area (Å²) >= 11 is 0. The number of nitrogens with zero attached hydrogens (tertiary/aromatic N) is 1. The molecule has 188 valence electrons. The van der Waals surface area contributed by atoms with E-state index < -0.39 is 21.9 Å². The molecule has 9 heteroatoms. The van der Waals surface area contributed by atoms with Crippen molar-refractivity contribution in [1.29, 1.82) is 0 Å². The van der Waals surface area contributed by atoms with Crippen LogP contribution in [0, 0.1) is 0 Å². The lowest BCUT2D eigenvalue weighted by atomic mass is 10.1. The number of hydrogen-bond acceptors (Lipinski definition) is 6. The molecule has 3 aromatic carbocycles. The molecule has 0 aliphatic rings. The van der Waals surface area contributed by atoms with Gasteiger partial charge in [-0.05, 0) is 54.5 Å². The van der Waals surface area contributed by atoms with Gasteiger partial charge in [0.05, 0.1) is 13.7 Å². The van der Waals surface area contributed by atoms with E-state index in [4.69, 9.17) is 9.47 Å². The van der Waals surface area contributed by atoms with Gasteiger partial charge in [0, 0.05) is 30.9 Å². The number of sulfonamides is 1. The van der Waals surface area contributed by atoms with Gasteiger partial charge < -0.3 is 14.8 Å². The first kappa shape index (κ1) is 26.7. The second-order valence-electron chi connectivity index (χ2n) is 7.77. The first-order valence-electron chi connectivity index (χ1n) is 11.2. The highest BCUT2D eigenvalue weighted by molar-refractivity contribution is 7.89. The van der Waals surface area contributed by atoms with Crippen molar-refractivity contribution in [1.82, 2.24) is 4.31 Å². The lowest BCUT2D eigenvalue weighted by molar-refractivity contribution is -0.137. The van der Waals surface area contributed by atoms with Crippen LogP contribution >= 0.6 is 0 Å². The van der Waals surface area contributed by atoms with E-state index in [2.05, 4.69) is 5.32 Å². The number of amides is 1. The third kappa shape index (κ3) is 6.80. The van der Waals surface area contributed by atoms with E-state index in [1.807, 2.05) is 30.3 Å². The smallest absolute Gasteiger partial charge is 0.330 e. The second kappa shape index (κ2) is 12.1. The van der Waals surface area contributed by atoms with E-state index in [1.54, 1.807) is 37.3 Å². The number of anilines is 1. The molecule has 0 aliphatic heterocycles. The fourth-order valence-corrected chi connectivity index (χ4v) is 4.68. The fraction of sp³-hybridized carbons (Fsp3) is 0.185. The number of rotatable bonds is 10. The van der Waals surface area contributed by atoms with Crippen molar-refractivity contribution in [3.63, 3.8) is 0 Å².